The number of pyridine rings is 1. The van der Waals surface area contributed by atoms with Gasteiger partial charge in [0.15, 0.2) is 0 Å². The summed E-state index contributed by atoms with van der Waals surface area (Å²) in [6, 6.07) is 4.25. The molecule has 2 heterocycles. The summed E-state index contributed by atoms with van der Waals surface area (Å²) >= 11 is 0. The summed E-state index contributed by atoms with van der Waals surface area (Å²) in [4.78, 5) is 6.93. The third-order valence-electron chi connectivity index (χ3n) is 3.35. The van der Waals surface area contributed by atoms with E-state index in [0.29, 0.717) is 5.41 Å². The van der Waals surface area contributed by atoms with Crippen LogP contribution in [-0.4, -0.2) is 29.5 Å². The van der Waals surface area contributed by atoms with Gasteiger partial charge in [-0.1, -0.05) is 19.9 Å². The standard InChI is InChI=1S/C14H23N3/c1-4-15-13-6-5-12(9-16-13)10-17-8-7-14(2,3)11-17/h5-6,9H,4,7-8,10-11H2,1-3H3,(H,15,16). The van der Waals surface area contributed by atoms with Crippen LogP contribution in [0.3, 0.4) is 0 Å². The summed E-state index contributed by atoms with van der Waals surface area (Å²) in [5.74, 6) is 0.970. The van der Waals surface area contributed by atoms with E-state index in [0.717, 1.165) is 18.9 Å². The average molecular weight is 233 g/mol. The van der Waals surface area contributed by atoms with Crippen molar-refractivity contribution in [2.45, 2.75) is 33.7 Å². The molecule has 0 saturated carbocycles. The van der Waals surface area contributed by atoms with Crippen LogP contribution >= 0.6 is 0 Å². The minimum atomic E-state index is 0.483. The molecule has 0 aliphatic carbocycles. The van der Waals surface area contributed by atoms with E-state index in [1.807, 2.05) is 6.20 Å². The number of hydrogen-bond acceptors (Lipinski definition) is 3. The molecule has 17 heavy (non-hydrogen) atoms. The van der Waals surface area contributed by atoms with Crippen LogP contribution in [0.4, 0.5) is 5.82 Å². The maximum atomic E-state index is 4.41. The number of anilines is 1. The van der Waals surface area contributed by atoms with Crippen molar-refractivity contribution in [3.8, 4) is 0 Å². The van der Waals surface area contributed by atoms with Gasteiger partial charge in [0.1, 0.15) is 5.82 Å². The largest absolute Gasteiger partial charge is 0.370 e. The van der Waals surface area contributed by atoms with E-state index < -0.39 is 0 Å². The zero-order valence-corrected chi connectivity index (χ0v) is 11.2. The van der Waals surface area contributed by atoms with Crippen LogP contribution in [0.1, 0.15) is 32.8 Å². The predicted molar refractivity (Wildman–Crippen MR) is 72.1 cm³/mol. The lowest BCUT2D eigenvalue weighted by Gasteiger charge is -2.19. The molecule has 1 aliphatic heterocycles. The topological polar surface area (TPSA) is 28.2 Å². The first kappa shape index (κ1) is 12.4. The fourth-order valence-corrected chi connectivity index (χ4v) is 2.42. The predicted octanol–water partition coefficient (Wildman–Crippen LogP) is 2.75. The van der Waals surface area contributed by atoms with Gasteiger partial charge in [-0.05, 0) is 36.9 Å². The summed E-state index contributed by atoms with van der Waals surface area (Å²) in [7, 11) is 0. The van der Waals surface area contributed by atoms with E-state index in [1.54, 1.807) is 0 Å². The molecule has 1 N–H and O–H groups in total. The van der Waals surface area contributed by atoms with Crippen molar-refractivity contribution in [2.24, 2.45) is 5.41 Å². The van der Waals surface area contributed by atoms with Crippen molar-refractivity contribution in [3.63, 3.8) is 0 Å². The SMILES string of the molecule is CCNc1ccc(CN2CCC(C)(C)C2)cn1. The van der Waals surface area contributed by atoms with Gasteiger partial charge in [0.25, 0.3) is 0 Å². The van der Waals surface area contributed by atoms with Gasteiger partial charge in [0.05, 0.1) is 0 Å². The first-order valence-corrected chi connectivity index (χ1v) is 6.50. The number of aromatic nitrogens is 1. The molecule has 1 aromatic rings. The highest BCUT2D eigenvalue weighted by Gasteiger charge is 2.28. The molecule has 1 saturated heterocycles. The Morgan fingerprint density at radius 1 is 1.41 bits per heavy atom. The normalized spacial score (nSPS) is 19.5. The summed E-state index contributed by atoms with van der Waals surface area (Å²) in [6.45, 7) is 11.1. The fraction of sp³-hybridized carbons (Fsp3) is 0.643. The Morgan fingerprint density at radius 2 is 2.24 bits per heavy atom. The van der Waals surface area contributed by atoms with Gasteiger partial charge in [-0.3, -0.25) is 4.90 Å². The summed E-state index contributed by atoms with van der Waals surface area (Å²) < 4.78 is 0. The minimum Gasteiger partial charge on any atom is -0.370 e. The van der Waals surface area contributed by atoms with E-state index in [4.69, 9.17) is 0 Å². The molecule has 0 radical (unpaired) electrons. The highest BCUT2D eigenvalue weighted by Crippen LogP contribution is 2.29. The Labute approximate surface area is 104 Å². The van der Waals surface area contributed by atoms with E-state index in [9.17, 15) is 0 Å². The summed E-state index contributed by atoms with van der Waals surface area (Å²) in [6.07, 6.45) is 3.29. The second kappa shape index (κ2) is 5.05. The first-order valence-electron chi connectivity index (χ1n) is 6.50. The maximum absolute atomic E-state index is 4.41. The Balaban J connectivity index is 1.91. The van der Waals surface area contributed by atoms with Crippen LogP contribution in [0.2, 0.25) is 0 Å². The van der Waals surface area contributed by atoms with Crippen LogP contribution in [-0.2, 0) is 6.54 Å². The lowest BCUT2D eigenvalue weighted by molar-refractivity contribution is 0.284. The van der Waals surface area contributed by atoms with Crippen molar-refractivity contribution in [2.75, 3.05) is 25.0 Å². The Kier molecular flexibility index (Phi) is 3.67. The van der Waals surface area contributed by atoms with Crippen LogP contribution in [0.5, 0.6) is 0 Å². The van der Waals surface area contributed by atoms with Gasteiger partial charge in [-0.15, -0.1) is 0 Å². The zero-order chi connectivity index (χ0) is 12.3. The van der Waals surface area contributed by atoms with Gasteiger partial charge in [-0.25, -0.2) is 4.98 Å². The van der Waals surface area contributed by atoms with Crippen molar-refractivity contribution in [1.82, 2.24) is 9.88 Å². The summed E-state index contributed by atoms with van der Waals surface area (Å²) in [5.41, 5.74) is 1.79. The quantitative estimate of drug-likeness (QED) is 0.866. The van der Waals surface area contributed by atoms with Gasteiger partial charge < -0.3 is 5.32 Å². The zero-order valence-electron chi connectivity index (χ0n) is 11.2. The molecule has 1 fully saturated rings. The van der Waals surface area contributed by atoms with E-state index >= 15 is 0 Å². The van der Waals surface area contributed by atoms with Gasteiger partial charge in [0.2, 0.25) is 0 Å². The van der Waals surface area contributed by atoms with Crippen molar-refractivity contribution in [3.05, 3.63) is 23.9 Å². The second-order valence-corrected chi connectivity index (χ2v) is 5.71. The molecule has 0 atom stereocenters. The molecule has 3 heteroatoms. The van der Waals surface area contributed by atoms with Crippen LogP contribution in [0, 0.1) is 5.41 Å². The van der Waals surface area contributed by atoms with Gasteiger partial charge in [-0.2, -0.15) is 0 Å². The molecule has 3 nitrogen and oxygen atoms in total. The van der Waals surface area contributed by atoms with Crippen molar-refractivity contribution >= 4 is 5.82 Å². The lowest BCUT2D eigenvalue weighted by atomic mass is 9.93. The molecule has 0 aromatic carbocycles. The van der Waals surface area contributed by atoms with E-state index in [1.165, 1.54) is 25.1 Å². The third kappa shape index (κ3) is 3.43. The van der Waals surface area contributed by atoms with Crippen LogP contribution < -0.4 is 5.32 Å². The second-order valence-electron chi connectivity index (χ2n) is 5.71. The molecule has 1 aliphatic rings. The fourth-order valence-electron chi connectivity index (χ4n) is 2.42. The molecule has 0 spiro atoms. The Bertz CT molecular complexity index is 356. The smallest absolute Gasteiger partial charge is 0.125 e. The van der Waals surface area contributed by atoms with Crippen LogP contribution in [0.15, 0.2) is 18.3 Å². The molecule has 94 valence electrons. The molecule has 1 aromatic heterocycles. The number of likely N-dealkylation sites (tertiary alicyclic amines) is 1. The molecular formula is C14H23N3. The molecule has 0 unspecified atom stereocenters. The summed E-state index contributed by atoms with van der Waals surface area (Å²) in [5, 5.41) is 3.22. The minimum absolute atomic E-state index is 0.483. The van der Waals surface area contributed by atoms with Crippen molar-refractivity contribution in [1.29, 1.82) is 0 Å². The Morgan fingerprint density at radius 3 is 2.76 bits per heavy atom. The average Bonchev–Trinajstić information content (AvgIpc) is 2.61. The monoisotopic (exact) mass is 233 g/mol. The number of rotatable bonds is 4. The van der Waals surface area contributed by atoms with Crippen molar-refractivity contribution < 1.29 is 0 Å². The first-order chi connectivity index (χ1) is 8.09. The number of hydrogen-bond donors (Lipinski definition) is 1. The molecule has 2 rings (SSSR count). The van der Waals surface area contributed by atoms with Gasteiger partial charge in [0, 0.05) is 25.8 Å². The third-order valence-corrected chi connectivity index (χ3v) is 3.35. The van der Waals surface area contributed by atoms with E-state index in [-0.39, 0.29) is 0 Å². The number of nitrogens with one attached hydrogen (secondary N) is 1. The molecular weight excluding hydrogens is 210 g/mol. The number of nitrogens with zero attached hydrogens (tertiary/aromatic N) is 2. The molecule has 0 bridgehead atoms. The Hall–Kier alpha value is -1.09. The maximum Gasteiger partial charge on any atom is 0.125 e. The molecule has 0 amide bonds. The van der Waals surface area contributed by atoms with Gasteiger partial charge >= 0.3 is 0 Å². The highest BCUT2D eigenvalue weighted by molar-refractivity contribution is 5.35. The van der Waals surface area contributed by atoms with E-state index in [2.05, 4.69) is 48.1 Å². The van der Waals surface area contributed by atoms with Crippen LogP contribution in [0.25, 0.3) is 0 Å². The lowest BCUT2D eigenvalue weighted by Crippen LogP contribution is -2.22. The highest BCUT2D eigenvalue weighted by atomic mass is 15.2.